The number of sulfonamides is 1. The lowest BCUT2D eigenvalue weighted by molar-refractivity contribution is 0.0754. The summed E-state index contributed by atoms with van der Waals surface area (Å²) in [5.74, 6) is -0.0822. The number of rotatable bonds is 7. The van der Waals surface area contributed by atoms with Gasteiger partial charge in [0.2, 0.25) is 10.0 Å². The molecule has 0 aliphatic rings. The zero-order valence-electron chi connectivity index (χ0n) is 14.1. The summed E-state index contributed by atoms with van der Waals surface area (Å²) in [6, 6.07) is 8.02. The third-order valence-electron chi connectivity index (χ3n) is 3.61. The number of carbonyl (C=O) groups is 1. The van der Waals surface area contributed by atoms with E-state index in [0.29, 0.717) is 17.4 Å². The number of thiophene rings is 1. The molecular formula is C16H19ClN2O4S2. The maximum Gasteiger partial charge on any atom is 0.254 e. The van der Waals surface area contributed by atoms with Gasteiger partial charge in [0.05, 0.1) is 18.0 Å². The Bertz CT molecular complexity index is 865. The fraction of sp³-hybridized carbons (Fsp3) is 0.312. The molecule has 1 aromatic heterocycles. The molecule has 1 heterocycles. The van der Waals surface area contributed by atoms with E-state index in [2.05, 4.69) is 4.72 Å². The Hall–Kier alpha value is -1.61. The maximum atomic E-state index is 12.8. The first-order valence-electron chi connectivity index (χ1n) is 7.47. The Morgan fingerprint density at radius 3 is 2.56 bits per heavy atom. The average molecular weight is 403 g/mol. The van der Waals surface area contributed by atoms with Crippen molar-refractivity contribution in [3.63, 3.8) is 0 Å². The second kappa shape index (κ2) is 8.18. The first kappa shape index (κ1) is 19.7. The smallest absolute Gasteiger partial charge is 0.254 e. The van der Waals surface area contributed by atoms with Crippen LogP contribution in [0.5, 0.6) is 5.75 Å². The van der Waals surface area contributed by atoms with E-state index in [1.54, 1.807) is 17.0 Å². The van der Waals surface area contributed by atoms with E-state index in [-0.39, 0.29) is 22.1 Å². The van der Waals surface area contributed by atoms with E-state index < -0.39 is 10.0 Å². The van der Waals surface area contributed by atoms with Crippen molar-refractivity contribution in [2.75, 3.05) is 20.7 Å². The van der Waals surface area contributed by atoms with Crippen molar-refractivity contribution < 1.29 is 17.9 Å². The van der Waals surface area contributed by atoms with Crippen molar-refractivity contribution in [3.8, 4) is 5.75 Å². The highest BCUT2D eigenvalue weighted by atomic mass is 35.5. The molecule has 1 aromatic carbocycles. The Labute approximate surface area is 156 Å². The Kier molecular flexibility index (Phi) is 6.45. The number of amides is 1. The van der Waals surface area contributed by atoms with Crippen molar-refractivity contribution in [2.24, 2.45) is 0 Å². The molecule has 0 saturated carbocycles. The summed E-state index contributed by atoms with van der Waals surface area (Å²) < 4.78 is 32.3. The molecule has 0 aliphatic heterocycles. The lowest BCUT2D eigenvalue weighted by atomic mass is 10.2. The van der Waals surface area contributed by atoms with Crippen molar-refractivity contribution in [1.29, 1.82) is 0 Å². The van der Waals surface area contributed by atoms with E-state index in [9.17, 15) is 13.2 Å². The minimum absolute atomic E-state index is 0.0708. The van der Waals surface area contributed by atoms with Crippen LogP contribution in [0.4, 0.5) is 0 Å². The molecule has 0 saturated heterocycles. The van der Waals surface area contributed by atoms with E-state index >= 15 is 0 Å². The molecule has 0 spiro atoms. The highest BCUT2D eigenvalue weighted by Crippen LogP contribution is 2.26. The standard InChI is InChI=1S/C16H19ClN2O4S2/c1-4-19(10-12-6-8-15(17)24-12)16(20)11-5-7-13(23-3)14(9-11)25(21,22)18-2/h5-9,18H,4,10H2,1-3H3. The number of nitrogens with zero attached hydrogens (tertiary/aromatic N) is 1. The monoisotopic (exact) mass is 402 g/mol. The number of hydrogen-bond donors (Lipinski definition) is 1. The normalized spacial score (nSPS) is 11.4. The number of ether oxygens (including phenoxy) is 1. The van der Waals surface area contributed by atoms with Gasteiger partial charge in [0.15, 0.2) is 0 Å². The third kappa shape index (κ3) is 4.52. The third-order valence-corrected chi connectivity index (χ3v) is 6.26. The zero-order chi connectivity index (χ0) is 18.6. The molecule has 2 rings (SSSR count). The van der Waals surface area contributed by atoms with Gasteiger partial charge in [0, 0.05) is 17.0 Å². The molecule has 0 aliphatic carbocycles. The van der Waals surface area contributed by atoms with Crippen molar-refractivity contribution in [3.05, 3.63) is 45.1 Å². The number of nitrogens with one attached hydrogen (secondary N) is 1. The van der Waals surface area contributed by atoms with Gasteiger partial charge in [-0.3, -0.25) is 4.79 Å². The van der Waals surface area contributed by atoms with E-state index in [1.165, 1.54) is 37.6 Å². The lowest BCUT2D eigenvalue weighted by Crippen LogP contribution is -2.30. The summed E-state index contributed by atoms with van der Waals surface area (Å²) in [5.41, 5.74) is 0.277. The lowest BCUT2D eigenvalue weighted by Gasteiger charge is -2.21. The predicted molar refractivity (Wildman–Crippen MR) is 99.0 cm³/mol. The van der Waals surface area contributed by atoms with Crippen molar-refractivity contribution in [1.82, 2.24) is 9.62 Å². The van der Waals surface area contributed by atoms with E-state index in [0.717, 1.165) is 4.88 Å². The van der Waals surface area contributed by atoms with E-state index in [4.69, 9.17) is 16.3 Å². The van der Waals surface area contributed by atoms with Gasteiger partial charge in [0.1, 0.15) is 10.6 Å². The van der Waals surface area contributed by atoms with Gasteiger partial charge in [-0.05, 0) is 44.3 Å². The minimum atomic E-state index is -3.75. The van der Waals surface area contributed by atoms with Crippen LogP contribution in [0.15, 0.2) is 35.2 Å². The highest BCUT2D eigenvalue weighted by molar-refractivity contribution is 7.89. The van der Waals surface area contributed by atoms with Gasteiger partial charge in [0.25, 0.3) is 5.91 Å². The quantitative estimate of drug-likeness (QED) is 0.772. The summed E-state index contributed by atoms with van der Waals surface area (Å²) in [7, 11) is -1.06. The molecule has 136 valence electrons. The molecule has 0 radical (unpaired) electrons. The maximum absolute atomic E-state index is 12.8. The number of halogens is 1. The van der Waals surface area contributed by atoms with Gasteiger partial charge in [-0.15, -0.1) is 11.3 Å². The van der Waals surface area contributed by atoms with Crippen LogP contribution in [-0.4, -0.2) is 39.9 Å². The number of hydrogen-bond acceptors (Lipinski definition) is 5. The zero-order valence-corrected chi connectivity index (χ0v) is 16.5. The van der Waals surface area contributed by atoms with E-state index in [1.807, 2.05) is 13.0 Å². The molecule has 0 bridgehead atoms. The molecular weight excluding hydrogens is 384 g/mol. The van der Waals surface area contributed by atoms with Gasteiger partial charge in [-0.1, -0.05) is 11.6 Å². The second-order valence-electron chi connectivity index (χ2n) is 5.10. The number of methoxy groups -OCH3 is 1. The molecule has 25 heavy (non-hydrogen) atoms. The molecule has 0 atom stereocenters. The summed E-state index contributed by atoms with van der Waals surface area (Å²) in [6.07, 6.45) is 0. The molecule has 1 N–H and O–H groups in total. The van der Waals surface area contributed by atoms with Crippen LogP contribution < -0.4 is 9.46 Å². The highest BCUT2D eigenvalue weighted by Gasteiger charge is 2.22. The molecule has 0 fully saturated rings. The Morgan fingerprint density at radius 1 is 1.32 bits per heavy atom. The molecule has 2 aromatic rings. The first-order chi connectivity index (χ1) is 11.8. The summed E-state index contributed by atoms with van der Waals surface area (Å²) in [4.78, 5) is 15.3. The minimum Gasteiger partial charge on any atom is -0.495 e. The molecule has 0 unspecified atom stereocenters. The van der Waals surface area contributed by atoms with Crippen LogP contribution in [0.25, 0.3) is 0 Å². The van der Waals surface area contributed by atoms with Crippen LogP contribution in [0, 0.1) is 0 Å². The molecule has 9 heteroatoms. The Balaban J connectivity index is 2.35. The van der Waals surface area contributed by atoms with Crippen LogP contribution in [0.1, 0.15) is 22.2 Å². The van der Waals surface area contributed by atoms with Crippen LogP contribution in [0.2, 0.25) is 4.34 Å². The van der Waals surface area contributed by atoms with Gasteiger partial charge >= 0.3 is 0 Å². The number of benzene rings is 1. The topological polar surface area (TPSA) is 75.7 Å². The molecule has 6 nitrogen and oxygen atoms in total. The van der Waals surface area contributed by atoms with Crippen LogP contribution in [-0.2, 0) is 16.6 Å². The van der Waals surface area contributed by atoms with Gasteiger partial charge in [-0.25, -0.2) is 13.1 Å². The predicted octanol–water partition coefficient (Wildman–Crippen LogP) is 2.98. The summed E-state index contributed by atoms with van der Waals surface area (Å²) in [6.45, 7) is 2.75. The Morgan fingerprint density at radius 2 is 2.04 bits per heavy atom. The summed E-state index contributed by atoms with van der Waals surface area (Å²) in [5, 5.41) is 0. The fourth-order valence-electron chi connectivity index (χ4n) is 2.26. The average Bonchev–Trinajstić information content (AvgIpc) is 3.03. The van der Waals surface area contributed by atoms with Gasteiger partial charge < -0.3 is 9.64 Å². The fourth-order valence-corrected chi connectivity index (χ4v) is 4.29. The second-order valence-corrected chi connectivity index (χ2v) is 8.75. The van der Waals surface area contributed by atoms with Crippen LogP contribution >= 0.6 is 22.9 Å². The molecule has 1 amide bonds. The SMILES string of the molecule is CCN(Cc1ccc(Cl)s1)C(=O)c1ccc(OC)c(S(=O)(=O)NC)c1. The number of carbonyl (C=O) groups excluding carboxylic acids is 1. The van der Waals surface area contributed by atoms with Crippen molar-refractivity contribution >= 4 is 38.9 Å². The first-order valence-corrected chi connectivity index (χ1v) is 10.1. The van der Waals surface area contributed by atoms with Gasteiger partial charge in [-0.2, -0.15) is 0 Å². The largest absolute Gasteiger partial charge is 0.495 e. The van der Waals surface area contributed by atoms with Crippen molar-refractivity contribution in [2.45, 2.75) is 18.4 Å². The summed E-state index contributed by atoms with van der Waals surface area (Å²) >= 11 is 7.34. The van der Waals surface area contributed by atoms with Crippen LogP contribution in [0.3, 0.4) is 0 Å².